The third-order valence-corrected chi connectivity index (χ3v) is 16.0. The van der Waals surface area contributed by atoms with Gasteiger partial charge in [0.25, 0.3) is 0 Å². The Labute approximate surface area is 276 Å². The van der Waals surface area contributed by atoms with Crippen LogP contribution in [0.25, 0.3) is 11.1 Å². The van der Waals surface area contributed by atoms with Crippen molar-refractivity contribution in [3.63, 3.8) is 0 Å². The van der Waals surface area contributed by atoms with Crippen LogP contribution in [0.15, 0.2) is 103 Å². The molecular formula is C37H48Cl2O4Te. The van der Waals surface area contributed by atoms with Gasteiger partial charge >= 0.3 is 174 Å². The van der Waals surface area contributed by atoms with Crippen molar-refractivity contribution in [2.75, 3.05) is 13.2 Å². The second-order valence-electron chi connectivity index (χ2n) is 9.84. The molecule has 0 N–H and O–H groups in total. The first-order chi connectivity index (χ1) is 21.1. The Morgan fingerprint density at radius 3 is 1.30 bits per heavy atom. The molecule has 2 atom stereocenters. The number of benzene rings is 4. The van der Waals surface area contributed by atoms with E-state index in [0.717, 1.165) is 18.7 Å². The van der Waals surface area contributed by atoms with Crippen molar-refractivity contribution in [3.05, 3.63) is 109 Å². The molecule has 0 aliphatic heterocycles. The maximum absolute atomic E-state index is 6.83. The summed E-state index contributed by atoms with van der Waals surface area (Å²) in [6.07, 6.45) is -0.600. The van der Waals surface area contributed by atoms with E-state index in [4.69, 9.17) is 36.9 Å². The Morgan fingerprint density at radius 2 is 0.932 bits per heavy atom. The van der Waals surface area contributed by atoms with Gasteiger partial charge in [0.15, 0.2) is 0 Å². The molecule has 4 aromatic rings. The zero-order valence-electron chi connectivity index (χ0n) is 27.3. The predicted molar refractivity (Wildman–Crippen MR) is 190 cm³/mol. The molecule has 0 saturated carbocycles. The number of halogens is 2. The fourth-order valence-electron chi connectivity index (χ4n) is 4.13. The summed E-state index contributed by atoms with van der Waals surface area (Å²) in [4.78, 5) is 0. The Hall–Kier alpha value is -2.23. The fourth-order valence-corrected chi connectivity index (χ4v) is 10.4. The molecule has 0 bridgehead atoms. The minimum atomic E-state index is -3.45. The second kappa shape index (κ2) is 20.0. The molecule has 240 valence electrons. The van der Waals surface area contributed by atoms with Crippen LogP contribution in [0.5, 0.6) is 11.5 Å². The van der Waals surface area contributed by atoms with Gasteiger partial charge in [0.05, 0.1) is 0 Å². The monoisotopic (exact) mass is 756 g/mol. The molecule has 0 amide bonds. The summed E-state index contributed by atoms with van der Waals surface area (Å²) in [6, 6.07) is 34.5. The summed E-state index contributed by atoms with van der Waals surface area (Å²) < 4.78 is 24.0. The summed E-state index contributed by atoms with van der Waals surface area (Å²) in [5.41, 5.74) is 3.97. The van der Waals surface area contributed by atoms with Crippen LogP contribution in [0.4, 0.5) is 0 Å². The van der Waals surface area contributed by atoms with E-state index in [1.807, 2.05) is 96.1 Å². The molecule has 0 fully saturated rings. The van der Waals surface area contributed by atoms with Gasteiger partial charge in [0.1, 0.15) is 0 Å². The van der Waals surface area contributed by atoms with Crippen LogP contribution >= 0.6 is 17.9 Å². The summed E-state index contributed by atoms with van der Waals surface area (Å²) in [6.45, 7) is 17.2. The topological polar surface area (TPSA) is 36.9 Å². The molecule has 7 heteroatoms. The Kier molecular flexibility index (Phi) is 17.3. The van der Waals surface area contributed by atoms with Gasteiger partial charge in [-0.2, -0.15) is 0 Å². The van der Waals surface area contributed by atoms with Crippen LogP contribution in [0.2, 0.25) is 0 Å². The van der Waals surface area contributed by atoms with Crippen LogP contribution in [0.3, 0.4) is 0 Å². The maximum atomic E-state index is 6.83. The quantitative estimate of drug-likeness (QED) is 0.107. The first kappa shape index (κ1) is 38.0. The van der Waals surface area contributed by atoms with Gasteiger partial charge in [-0.15, -0.1) is 0 Å². The first-order valence-corrected chi connectivity index (χ1v) is 23.5. The molecule has 0 radical (unpaired) electrons. The third-order valence-electron chi connectivity index (χ3n) is 6.33. The molecule has 0 heterocycles. The second-order valence-corrected chi connectivity index (χ2v) is 22.5. The van der Waals surface area contributed by atoms with E-state index >= 15 is 0 Å². The molecule has 0 spiro atoms. The van der Waals surface area contributed by atoms with Crippen molar-refractivity contribution in [3.8, 4) is 22.6 Å². The van der Waals surface area contributed by atoms with Crippen LogP contribution < -0.4 is 16.7 Å². The minimum absolute atomic E-state index is 0.300. The van der Waals surface area contributed by atoms with E-state index in [2.05, 4.69) is 62.4 Å². The summed E-state index contributed by atoms with van der Waals surface area (Å²) in [5, 5.41) is 0. The molecule has 0 saturated heterocycles. The fraction of sp³-hybridized carbons (Fsp3) is 0.351. The zero-order chi connectivity index (χ0) is 32.5. The van der Waals surface area contributed by atoms with Gasteiger partial charge in [-0.05, 0) is 22.6 Å². The van der Waals surface area contributed by atoms with Gasteiger partial charge in [-0.3, -0.25) is 0 Å². The zero-order valence-corrected chi connectivity index (χ0v) is 31.1. The van der Waals surface area contributed by atoms with E-state index in [-0.39, 0.29) is 12.6 Å². The number of rotatable bonds is 12. The van der Waals surface area contributed by atoms with E-state index in [9.17, 15) is 0 Å². The van der Waals surface area contributed by atoms with E-state index in [0.29, 0.717) is 19.1 Å². The van der Waals surface area contributed by atoms with Crippen LogP contribution in [-0.4, -0.2) is 41.7 Å². The van der Waals surface area contributed by atoms with Crippen molar-refractivity contribution < 1.29 is 18.9 Å². The Morgan fingerprint density at radius 1 is 0.545 bits per heavy atom. The van der Waals surface area contributed by atoms with Crippen LogP contribution in [0, 0.1) is 0 Å². The van der Waals surface area contributed by atoms with E-state index in [1.165, 1.54) is 16.7 Å². The van der Waals surface area contributed by atoms with Gasteiger partial charge in [-0.25, -0.2) is 0 Å². The van der Waals surface area contributed by atoms with Gasteiger partial charge < -0.3 is 0 Å². The van der Waals surface area contributed by atoms with E-state index < -0.39 is 15.9 Å². The molecular weight excluding hydrogens is 707 g/mol. The van der Waals surface area contributed by atoms with Gasteiger partial charge in [-0.1, -0.05) is 82.3 Å². The standard InChI is InChI=1S/C20H26Cl2O4Te.C15H16.C2H6/c1-5-23-15(3)25-17-7-11-19(12-8-17)27(21,22)20-13-9-18(10-14-20)26-16(4)24-6-2;1-12(2)13-8-10-15(11-9-13)14-6-4-3-5-7-14;1-2/h7-16H,5-6H2,1-4H3;3-12H,1-2H3;1-2H3. The third kappa shape index (κ3) is 12.3. The van der Waals surface area contributed by atoms with Crippen molar-refractivity contribution in [2.24, 2.45) is 0 Å². The molecule has 4 nitrogen and oxygen atoms in total. The first-order valence-electron chi connectivity index (χ1n) is 15.3. The van der Waals surface area contributed by atoms with Crippen molar-refractivity contribution in [1.82, 2.24) is 0 Å². The molecule has 44 heavy (non-hydrogen) atoms. The Balaban J connectivity index is 0.000000333. The van der Waals surface area contributed by atoms with Gasteiger partial charge in [0.2, 0.25) is 0 Å². The van der Waals surface area contributed by atoms with Gasteiger partial charge in [0, 0.05) is 0 Å². The summed E-state index contributed by atoms with van der Waals surface area (Å²) in [5.74, 6) is 2.05. The average Bonchev–Trinajstić information content (AvgIpc) is 3.03. The number of hydrogen-bond acceptors (Lipinski definition) is 4. The van der Waals surface area contributed by atoms with Crippen LogP contribution in [-0.2, 0) is 9.47 Å². The Bertz CT molecular complexity index is 1250. The number of ether oxygens (including phenoxy) is 4. The SMILES string of the molecule is CC.CC(C)c1ccc(-c2ccccc2)cc1.CCOC(C)Oc1ccc([Te](Cl)(Cl)c2ccc(OC(C)OCC)cc2)cc1. The molecule has 4 aromatic carbocycles. The number of hydrogen-bond donors (Lipinski definition) is 0. The van der Waals surface area contributed by atoms with Crippen molar-refractivity contribution in [1.29, 1.82) is 0 Å². The van der Waals surface area contributed by atoms with Crippen molar-refractivity contribution >= 4 is 41.1 Å². The van der Waals surface area contributed by atoms with Crippen molar-refractivity contribution in [2.45, 2.75) is 73.9 Å². The summed E-state index contributed by atoms with van der Waals surface area (Å²) >= 11 is -3.45. The van der Waals surface area contributed by atoms with Crippen LogP contribution in [0.1, 0.15) is 66.9 Å². The van der Waals surface area contributed by atoms with E-state index in [1.54, 1.807) is 0 Å². The average molecular weight is 755 g/mol. The molecule has 0 aliphatic carbocycles. The molecule has 0 aromatic heterocycles. The molecule has 2 unspecified atom stereocenters. The normalized spacial score (nSPS) is 12.6. The molecule has 4 rings (SSSR count). The summed E-state index contributed by atoms with van der Waals surface area (Å²) in [7, 11) is 13.7. The molecule has 0 aliphatic rings. The predicted octanol–water partition coefficient (Wildman–Crippen LogP) is 9.75.